The third-order valence-electron chi connectivity index (χ3n) is 3.76. The Hall–Kier alpha value is -2.99. The molecule has 0 unspecified atom stereocenters. The second kappa shape index (κ2) is 11.0. The molecule has 2 N–H and O–H groups in total. The van der Waals surface area contributed by atoms with Gasteiger partial charge in [-0.25, -0.2) is 4.99 Å². The van der Waals surface area contributed by atoms with Crippen LogP contribution in [0.2, 0.25) is 0 Å². The summed E-state index contributed by atoms with van der Waals surface area (Å²) in [5, 5.41) is 13.5. The molecular weight excluding hydrogens is 378 g/mol. The highest BCUT2D eigenvalue weighted by Crippen LogP contribution is 2.17. The summed E-state index contributed by atoms with van der Waals surface area (Å²) in [6.07, 6.45) is 10.3. The van der Waals surface area contributed by atoms with Crippen LogP contribution in [-0.4, -0.2) is 34.8 Å². The molecule has 6 nitrogen and oxygen atoms in total. The molecule has 0 radical (unpaired) electrons. The number of rotatable bonds is 8. The molecule has 28 heavy (non-hydrogen) atoms. The molecule has 7 heteroatoms. The third-order valence-corrected chi connectivity index (χ3v) is 3.92. The van der Waals surface area contributed by atoms with Crippen LogP contribution in [0.4, 0.5) is 0 Å². The van der Waals surface area contributed by atoms with E-state index >= 15 is 0 Å². The van der Waals surface area contributed by atoms with Gasteiger partial charge in [0.1, 0.15) is 0 Å². The molecule has 0 saturated heterocycles. The molecule has 1 aromatic carbocycles. The molecule has 1 aromatic heterocycles. The van der Waals surface area contributed by atoms with E-state index in [0.717, 1.165) is 5.56 Å². The summed E-state index contributed by atoms with van der Waals surface area (Å²) in [6.45, 7) is 2.64. The molecule has 0 fully saturated rings. The predicted octanol–water partition coefficient (Wildman–Crippen LogP) is 4.28. The Morgan fingerprint density at radius 3 is 2.93 bits per heavy atom. The summed E-state index contributed by atoms with van der Waals surface area (Å²) in [7, 11) is 2.02. The van der Waals surface area contributed by atoms with Gasteiger partial charge < -0.3 is 19.7 Å². The topological polar surface area (TPSA) is 75.8 Å². The molecule has 1 heterocycles. The van der Waals surface area contributed by atoms with Gasteiger partial charge in [0.2, 0.25) is 0 Å². The highest BCUT2D eigenvalue weighted by molar-refractivity contribution is 6.29. The number of carboxylic acid groups (broad SMARTS) is 1. The molecule has 0 amide bonds. The van der Waals surface area contributed by atoms with E-state index in [-0.39, 0.29) is 6.42 Å². The molecule has 0 spiro atoms. The van der Waals surface area contributed by atoms with Gasteiger partial charge in [0, 0.05) is 35.7 Å². The zero-order valence-electron chi connectivity index (χ0n) is 15.9. The van der Waals surface area contributed by atoms with E-state index in [9.17, 15) is 4.79 Å². The van der Waals surface area contributed by atoms with Gasteiger partial charge in [-0.15, -0.1) is 0 Å². The maximum absolute atomic E-state index is 10.5. The number of carbonyl (C=O) groups is 1. The number of hydrogen-bond donors (Lipinski definition) is 2. The Labute approximate surface area is 169 Å². The normalized spacial score (nSPS) is 13.0. The van der Waals surface area contributed by atoms with E-state index < -0.39 is 5.97 Å². The van der Waals surface area contributed by atoms with Crippen molar-refractivity contribution in [2.75, 3.05) is 13.1 Å². The predicted molar refractivity (Wildman–Crippen MR) is 114 cm³/mol. The molecular formula is C21H24ClN3O3. The minimum absolute atomic E-state index is 0.115. The van der Waals surface area contributed by atoms with Gasteiger partial charge in [-0.05, 0) is 36.8 Å². The second-order valence-corrected chi connectivity index (χ2v) is 6.65. The van der Waals surface area contributed by atoms with E-state index in [1.165, 1.54) is 23.2 Å². The minimum atomic E-state index is -0.926. The van der Waals surface area contributed by atoms with Gasteiger partial charge in [0.05, 0.1) is 19.2 Å². The van der Waals surface area contributed by atoms with Gasteiger partial charge >= 0.3 is 5.97 Å². The van der Waals surface area contributed by atoms with Gasteiger partial charge in [-0.1, -0.05) is 35.9 Å². The van der Waals surface area contributed by atoms with Gasteiger partial charge in [0.25, 0.3) is 6.02 Å². The molecule has 0 aliphatic carbocycles. The number of aliphatic carboxylic acids is 1. The first-order chi connectivity index (χ1) is 13.5. The zero-order valence-corrected chi connectivity index (χ0v) is 16.7. The number of nitrogens with zero attached hydrogens (tertiary/aromatic N) is 2. The highest BCUT2D eigenvalue weighted by Gasteiger charge is 1.99. The van der Waals surface area contributed by atoms with Crippen molar-refractivity contribution in [3.05, 3.63) is 65.5 Å². The maximum Gasteiger partial charge on any atom is 0.307 e. The van der Waals surface area contributed by atoms with Gasteiger partial charge in [0.15, 0.2) is 0 Å². The van der Waals surface area contributed by atoms with Gasteiger partial charge in [-0.2, -0.15) is 0 Å². The smallest absolute Gasteiger partial charge is 0.307 e. The number of allylic oxidation sites excluding steroid dienone is 1. The lowest BCUT2D eigenvalue weighted by atomic mass is 10.1. The fourth-order valence-corrected chi connectivity index (χ4v) is 2.48. The lowest BCUT2D eigenvalue weighted by molar-refractivity contribution is -0.136. The average molecular weight is 402 g/mol. The van der Waals surface area contributed by atoms with Crippen LogP contribution in [0.3, 0.4) is 0 Å². The number of aliphatic imine (C=N–C) groups is 1. The standard InChI is InChI=1S/C21H24ClN3O3/c1-16(22)9-12-24-21(28-14-4-6-20(26)27)23-11-3-5-17-7-8-19-18(15-17)10-13-25(19)2/h3-5,7-10,13-15H,6,11-12H2,1-2H3,(H,23,24)(H,26,27)/b5-3+,14-4+,16-9+. The van der Waals surface area contributed by atoms with Crippen molar-refractivity contribution in [3.8, 4) is 0 Å². The summed E-state index contributed by atoms with van der Waals surface area (Å²) in [5.41, 5.74) is 2.28. The number of fused-ring (bicyclic) bond motifs is 1. The fourth-order valence-electron chi connectivity index (χ4n) is 2.40. The second-order valence-electron chi connectivity index (χ2n) is 6.05. The average Bonchev–Trinajstić information content (AvgIpc) is 3.01. The van der Waals surface area contributed by atoms with Crippen LogP contribution in [0.5, 0.6) is 0 Å². The molecule has 0 saturated carbocycles. The first-order valence-electron chi connectivity index (χ1n) is 8.81. The number of nitrogens with one attached hydrogen (secondary N) is 1. The van der Waals surface area contributed by atoms with Crippen LogP contribution in [0.15, 0.2) is 65.0 Å². The summed E-state index contributed by atoms with van der Waals surface area (Å²) >= 11 is 5.81. The summed E-state index contributed by atoms with van der Waals surface area (Å²) < 4.78 is 7.45. The molecule has 2 aromatic rings. The Balaban J connectivity index is 1.97. The lowest BCUT2D eigenvalue weighted by Crippen LogP contribution is -2.25. The number of amidine groups is 1. The fraction of sp³-hybridized carbons (Fsp3) is 0.238. The van der Waals surface area contributed by atoms with E-state index in [1.807, 2.05) is 25.4 Å². The molecule has 0 bridgehead atoms. The van der Waals surface area contributed by atoms with Crippen LogP contribution < -0.4 is 5.32 Å². The van der Waals surface area contributed by atoms with Crippen molar-refractivity contribution in [2.45, 2.75) is 13.3 Å². The Bertz CT molecular complexity index is 922. The summed E-state index contributed by atoms with van der Waals surface area (Å²) in [4.78, 5) is 14.9. The number of aromatic nitrogens is 1. The van der Waals surface area contributed by atoms with E-state index in [1.54, 1.807) is 13.0 Å². The van der Waals surface area contributed by atoms with Crippen molar-refractivity contribution in [1.82, 2.24) is 9.88 Å². The van der Waals surface area contributed by atoms with E-state index in [0.29, 0.717) is 24.1 Å². The summed E-state index contributed by atoms with van der Waals surface area (Å²) in [6, 6.07) is 8.63. The molecule has 0 aliphatic rings. The lowest BCUT2D eigenvalue weighted by Gasteiger charge is -2.06. The first-order valence-corrected chi connectivity index (χ1v) is 9.19. The Morgan fingerprint density at radius 2 is 2.18 bits per heavy atom. The van der Waals surface area contributed by atoms with Crippen molar-refractivity contribution >= 4 is 40.6 Å². The Kier molecular flexibility index (Phi) is 8.37. The molecule has 148 valence electrons. The SMILES string of the molecule is C/C(Cl)=C\CNC(=NC/C=C/c1ccc2c(ccn2C)c1)O/C=C/CC(=O)O. The van der Waals surface area contributed by atoms with Crippen LogP contribution in [0.25, 0.3) is 17.0 Å². The number of ether oxygens (including phenoxy) is 1. The number of carboxylic acids is 1. The number of halogens is 1. The monoisotopic (exact) mass is 401 g/mol. The number of aryl methyl sites for hydroxylation is 1. The highest BCUT2D eigenvalue weighted by atomic mass is 35.5. The number of hydrogen-bond acceptors (Lipinski definition) is 3. The van der Waals surface area contributed by atoms with Crippen molar-refractivity contribution in [2.24, 2.45) is 12.0 Å². The molecule has 2 rings (SSSR count). The van der Waals surface area contributed by atoms with Crippen LogP contribution in [0, 0.1) is 0 Å². The first kappa shape index (κ1) is 21.3. The quantitative estimate of drug-likeness (QED) is 0.393. The van der Waals surface area contributed by atoms with Crippen LogP contribution in [-0.2, 0) is 16.6 Å². The van der Waals surface area contributed by atoms with Crippen molar-refractivity contribution < 1.29 is 14.6 Å². The van der Waals surface area contributed by atoms with E-state index in [2.05, 4.69) is 39.1 Å². The largest absolute Gasteiger partial charge is 0.481 e. The zero-order chi connectivity index (χ0) is 20.4. The van der Waals surface area contributed by atoms with Crippen LogP contribution in [0.1, 0.15) is 18.9 Å². The van der Waals surface area contributed by atoms with Crippen molar-refractivity contribution in [1.29, 1.82) is 0 Å². The molecule has 0 aliphatic heterocycles. The maximum atomic E-state index is 10.5. The minimum Gasteiger partial charge on any atom is -0.481 e. The van der Waals surface area contributed by atoms with Crippen molar-refractivity contribution in [3.63, 3.8) is 0 Å². The van der Waals surface area contributed by atoms with Gasteiger partial charge in [-0.3, -0.25) is 4.79 Å². The third kappa shape index (κ3) is 7.32. The summed E-state index contributed by atoms with van der Waals surface area (Å²) in [5.74, 6) is -0.926. The van der Waals surface area contributed by atoms with Crippen LogP contribution >= 0.6 is 11.6 Å². The molecule has 0 atom stereocenters. The number of benzene rings is 1. The van der Waals surface area contributed by atoms with E-state index in [4.69, 9.17) is 21.4 Å². The Morgan fingerprint density at radius 1 is 1.36 bits per heavy atom.